The van der Waals surface area contributed by atoms with E-state index < -0.39 is 0 Å². The predicted octanol–water partition coefficient (Wildman–Crippen LogP) is 1.68. The number of rotatable bonds is 3. The lowest BCUT2D eigenvalue weighted by Crippen LogP contribution is -2.19. The molecule has 0 fully saturated rings. The zero-order chi connectivity index (χ0) is 11.4. The fourth-order valence-corrected chi connectivity index (χ4v) is 1.60. The molecule has 1 aromatic carbocycles. The highest BCUT2D eigenvalue weighted by Crippen LogP contribution is 2.20. The van der Waals surface area contributed by atoms with Gasteiger partial charge < -0.3 is 5.32 Å². The van der Waals surface area contributed by atoms with Gasteiger partial charge in [-0.25, -0.2) is 9.67 Å². The highest BCUT2D eigenvalue weighted by atomic mass is 79.9. The topological polar surface area (TPSA) is 59.8 Å². The summed E-state index contributed by atoms with van der Waals surface area (Å²) in [6, 6.07) is 7.43. The van der Waals surface area contributed by atoms with Crippen molar-refractivity contribution in [3.63, 3.8) is 0 Å². The molecule has 0 bridgehead atoms. The second kappa shape index (κ2) is 4.89. The first-order valence-electron chi connectivity index (χ1n) is 4.62. The first kappa shape index (κ1) is 10.8. The molecule has 0 atom stereocenters. The number of hydrogen-bond acceptors (Lipinski definition) is 3. The highest BCUT2D eigenvalue weighted by Gasteiger charge is 2.05. The van der Waals surface area contributed by atoms with Crippen molar-refractivity contribution in [2.45, 2.75) is 6.54 Å². The van der Waals surface area contributed by atoms with Crippen molar-refractivity contribution < 1.29 is 4.79 Å². The van der Waals surface area contributed by atoms with Crippen molar-refractivity contribution in [2.75, 3.05) is 5.32 Å². The van der Waals surface area contributed by atoms with E-state index in [1.54, 1.807) is 0 Å². The van der Waals surface area contributed by atoms with E-state index in [1.165, 1.54) is 17.3 Å². The number of benzene rings is 1. The largest absolute Gasteiger partial charge is 0.323 e. The summed E-state index contributed by atoms with van der Waals surface area (Å²) in [6.07, 6.45) is 2.89. The molecule has 6 heteroatoms. The van der Waals surface area contributed by atoms with E-state index in [1.807, 2.05) is 24.3 Å². The number of halogens is 1. The second-order valence-corrected chi connectivity index (χ2v) is 3.98. The molecule has 0 radical (unpaired) electrons. The van der Waals surface area contributed by atoms with Gasteiger partial charge in [0.25, 0.3) is 0 Å². The van der Waals surface area contributed by atoms with E-state index in [-0.39, 0.29) is 12.5 Å². The monoisotopic (exact) mass is 280 g/mol. The third-order valence-electron chi connectivity index (χ3n) is 1.92. The molecule has 0 aliphatic carbocycles. The molecule has 1 heterocycles. The molecule has 0 aliphatic heterocycles. The minimum atomic E-state index is -0.141. The van der Waals surface area contributed by atoms with Crippen molar-refractivity contribution in [2.24, 2.45) is 0 Å². The third kappa shape index (κ3) is 2.66. The van der Waals surface area contributed by atoms with Crippen LogP contribution >= 0.6 is 15.9 Å². The van der Waals surface area contributed by atoms with Gasteiger partial charge in [-0.3, -0.25) is 4.79 Å². The summed E-state index contributed by atoms with van der Waals surface area (Å²) in [6.45, 7) is 0.154. The van der Waals surface area contributed by atoms with E-state index in [0.717, 1.165) is 10.2 Å². The van der Waals surface area contributed by atoms with Crippen LogP contribution in [0.1, 0.15) is 0 Å². The van der Waals surface area contributed by atoms with Crippen molar-refractivity contribution in [3.8, 4) is 0 Å². The highest BCUT2D eigenvalue weighted by molar-refractivity contribution is 9.10. The van der Waals surface area contributed by atoms with Gasteiger partial charge in [0.05, 0.1) is 5.69 Å². The Balaban J connectivity index is 2.00. The molecule has 1 amide bonds. The minimum absolute atomic E-state index is 0.141. The zero-order valence-electron chi connectivity index (χ0n) is 8.30. The quantitative estimate of drug-likeness (QED) is 0.931. The molecule has 0 spiro atoms. The third-order valence-corrected chi connectivity index (χ3v) is 2.61. The van der Waals surface area contributed by atoms with E-state index >= 15 is 0 Å². The normalized spacial score (nSPS) is 10.1. The summed E-state index contributed by atoms with van der Waals surface area (Å²) >= 11 is 3.35. The molecular weight excluding hydrogens is 272 g/mol. The zero-order valence-corrected chi connectivity index (χ0v) is 9.89. The first-order valence-corrected chi connectivity index (χ1v) is 5.42. The Morgan fingerprint density at radius 2 is 2.25 bits per heavy atom. The fourth-order valence-electron chi connectivity index (χ4n) is 1.21. The molecule has 2 rings (SSSR count). The van der Waals surface area contributed by atoms with Crippen LogP contribution in [0.4, 0.5) is 5.69 Å². The molecule has 5 nitrogen and oxygen atoms in total. The van der Waals surface area contributed by atoms with Gasteiger partial charge in [0, 0.05) is 4.47 Å². The van der Waals surface area contributed by atoms with Gasteiger partial charge in [0.2, 0.25) is 5.91 Å². The molecule has 0 unspecified atom stereocenters. The van der Waals surface area contributed by atoms with Gasteiger partial charge >= 0.3 is 0 Å². The number of nitrogens with one attached hydrogen (secondary N) is 1. The standard InChI is InChI=1S/C10H9BrN4O/c11-8-3-1-2-4-9(8)14-10(16)5-15-7-12-6-13-15/h1-4,6-7H,5H2,(H,14,16). The minimum Gasteiger partial charge on any atom is -0.323 e. The maximum absolute atomic E-state index is 11.6. The van der Waals surface area contributed by atoms with Gasteiger partial charge in [-0.05, 0) is 28.1 Å². The number of carbonyl (C=O) groups is 1. The van der Waals surface area contributed by atoms with Crippen LogP contribution in [-0.2, 0) is 11.3 Å². The molecular formula is C10H9BrN4O. The summed E-state index contributed by atoms with van der Waals surface area (Å²) in [7, 11) is 0. The van der Waals surface area contributed by atoms with Crippen LogP contribution in [0.5, 0.6) is 0 Å². The van der Waals surface area contributed by atoms with Gasteiger partial charge in [-0.1, -0.05) is 12.1 Å². The Morgan fingerprint density at radius 3 is 2.94 bits per heavy atom. The number of aromatic nitrogens is 3. The molecule has 1 N–H and O–H groups in total. The summed E-state index contributed by atoms with van der Waals surface area (Å²) in [5.74, 6) is -0.141. The first-order chi connectivity index (χ1) is 7.75. The average Bonchev–Trinajstić information content (AvgIpc) is 2.74. The number of hydrogen-bond donors (Lipinski definition) is 1. The lowest BCUT2D eigenvalue weighted by atomic mass is 10.3. The van der Waals surface area contributed by atoms with Gasteiger partial charge in [0.1, 0.15) is 19.2 Å². The summed E-state index contributed by atoms with van der Waals surface area (Å²) in [5, 5.41) is 6.63. The van der Waals surface area contributed by atoms with Crippen molar-refractivity contribution >= 4 is 27.5 Å². The molecule has 82 valence electrons. The van der Waals surface area contributed by atoms with Crippen molar-refractivity contribution in [1.29, 1.82) is 0 Å². The van der Waals surface area contributed by atoms with Crippen LogP contribution in [-0.4, -0.2) is 20.7 Å². The SMILES string of the molecule is O=C(Cn1cncn1)Nc1ccccc1Br. The van der Waals surface area contributed by atoms with E-state index in [2.05, 4.69) is 31.3 Å². The number of para-hydroxylation sites is 1. The van der Waals surface area contributed by atoms with Crippen LogP contribution < -0.4 is 5.32 Å². The van der Waals surface area contributed by atoms with Crippen LogP contribution in [0.2, 0.25) is 0 Å². The Labute approximate surface area is 101 Å². The summed E-state index contributed by atoms with van der Waals surface area (Å²) in [5.41, 5.74) is 0.743. The summed E-state index contributed by atoms with van der Waals surface area (Å²) in [4.78, 5) is 15.4. The fraction of sp³-hybridized carbons (Fsp3) is 0.100. The predicted molar refractivity (Wildman–Crippen MR) is 62.8 cm³/mol. The maximum atomic E-state index is 11.6. The maximum Gasteiger partial charge on any atom is 0.246 e. The van der Waals surface area contributed by atoms with E-state index in [9.17, 15) is 4.79 Å². The smallest absolute Gasteiger partial charge is 0.246 e. The van der Waals surface area contributed by atoms with Crippen molar-refractivity contribution in [3.05, 3.63) is 41.4 Å². The Kier molecular flexibility index (Phi) is 3.31. The summed E-state index contributed by atoms with van der Waals surface area (Å²) < 4.78 is 2.31. The number of amides is 1. The number of nitrogens with zero attached hydrogens (tertiary/aromatic N) is 3. The van der Waals surface area contributed by atoms with Crippen LogP contribution in [0.3, 0.4) is 0 Å². The van der Waals surface area contributed by atoms with Gasteiger partial charge in [-0.15, -0.1) is 0 Å². The Hall–Kier alpha value is -1.69. The lowest BCUT2D eigenvalue weighted by Gasteiger charge is -2.06. The molecule has 0 aliphatic rings. The Morgan fingerprint density at radius 1 is 1.44 bits per heavy atom. The Bertz CT molecular complexity index is 483. The number of carbonyl (C=O) groups excluding carboxylic acids is 1. The average molecular weight is 281 g/mol. The van der Waals surface area contributed by atoms with Gasteiger partial charge in [0.15, 0.2) is 0 Å². The van der Waals surface area contributed by atoms with E-state index in [0.29, 0.717) is 0 Å². The van der Waals surface area contributed by atoms with Crippen LogP contribution in [0, 0.1) is 0 Å². The van der Waals surface area contributed by atoms with Crippen LogP contribution in [0.15, 0.2) is 41.4 Å². The second-order valence-electron chi connectivity index (χ2n) is 3.12. The molecule has 16 heavy (non-hydrogen) atoms. The lowest BCUT2D eigenvalue weighted by molar-refractivity contribution is -0.116. The van der Waals surface area contributed by atoms with E-state index in [4.69, 9.17) is 0 Å². The molecule has 1 aromatic heterocycles. The van der Waals surface area contributed by atoms with Gasteiger partial charge in [-0.2, -0.15) is 5.10 Å². The molecule has 2 aromatic rings. The molecule has 0 saturated carbocycles. The number of anilines is 1. The van der Waals surface area contributed by atoms with Crippen LogP contribution in [0.25, 0.3) is 0 Å². The van der Waals surface area contributed by atoms with Crippen molar-refractivity contribution in [1.82, 2.24) is 14.8 Å². The molecule has 0 saturated heterocycles.